The van der Waals surface area contributed by atoms with Crippen LogP contribution in [-0.2, 0) is 0 Å². The molecule has 1 aliphatic rings. The van der Waals surface area contributed by atoms with Crippen molar-refractivity contribution in [2.75, 3.05) is 7.05 Å². The molecule has 0 aliphatic carbocycles. The number of pyridine rings is 1. The minimum atomic E-state index is 0.0661. The predicted octanol–water partition coefficient (Wildman–Crippen LogP) is 3.48. The highest BCUT2D eigenvalue weighted by Crippen LogP contribution is 2.41. The van der Waals surface area contributed by atoms with E-state index < -0.39 is 0 Å². The Labute approximate surface area is 120 Å². The molecule has 3 rings (SSSR count). The fourth-order valence-electron chi connectivity index (χ4n) is 2.87. The number of aromatic nitrogens is 1. The lowest BCUT2D eigenvalue weighted by Gasteiger charge is -2.33. The van der Waals surface area contributed by atoms with Gasteiger partial charge in [-0.15, -0.1) is 0 Å². The van der Waals surface area contributed by atoms with Crippen LogP contribution in [0.4, 0.5) is 0 Å². The molecule has 0 spiro atoms. The molecule has 2 atom stereocenters. The first kappa shape index (κ1) is 13.1. The van der Waals surface area contributed by atoms with E-state index in [9.17, 15) is 0 Å². The molecule has 20 heavy (non-hydrogen) atoms. The number of aryl methyl sites for hydroxylation is 2. The van der Waals surface area contributed by atoms with E-state index in [2.05, 4.69) is 42.3 Å². The molecule has 0 radical (unpaired) electrons. The summed E-state index contributed by atoms with van der Waals surface area (Å²) in [5.41, 5.74) is 4.93. The molecular weight excluding hydrogens is 248 g/mol. The third kappa shape index (κ3) is 2.29. The second-order valence-corrected chi connectivity index (χ2v) is 5.46. The van der Waals surface area contributed by atoms with E-state index in [1.165, 1.54) is 22.3 Å². The summed E-state index contributed by atoms with van der Waals surface area (Å²) in [6.07, 6.45) is 4.75. The molecule has 3 heteroatoms. The van der Waals surface area contributed by atoms with E-state index >= 15 is 0 Å². The normalized spacial score (nSPS) is 21.1. The number of ether oxygens (including phenoxy) is 1. The lowest BCUT2D eigenvalue weighted by molar-refractivity contribution is 0.153. The molecule has 2 heterocycles. The van der Waals surface area contributed by atoms with Crippen molar-refractivity contribution < 1.29 is 4.74 Å². The van der Waals surface area contributed by atoms with Gasteiger partial charge in [0.25, 0.3) is 0 Å². The first-order chi connectivity index (χ1) is 9.69. The zero-order chi connectivity index (χ0) is 14.1. The van der Waals surface area contributed by atoms with Crippen molar-refractivity contribution in [3.05, 3.63) is 58.9 Å². The Morgan fingerprint density at radius 2 is 2.05 bits per heavy atom. The molecule has 0 amide bonds. The lowest BCUT2D eigenvalue weighted by Crippen LogP contribution is -2.27. The molecule has 0 saturated heterocycles. The van der Waals surface area contributed by atoms with Gasteiger partial charge in [0, 0.05) is 36.0 Å². The topological polar surface area (TPSA) is 34.2 Å². The molecule has 104 valence electrons. The largest absolute Gasteiger partial charge is 0.485 e. The SMILES string of the molecule is CNC1CC(c2cnccc2C)Oc2ccc(C)cc21. The van der Waals surface area contributed by atoms with E-state index in [1.807, 2.05) is 25.5 Å². The van der Waals surface area contributed by atoms with Crippen molar-refractivity contribution in [1.82, 2.24) is 10.3 Å². The lowest BCUT2D eigenvalue weighted by atomic mass is 9.91. The molecule has 1 aromatic carbocycles. The molecule has 2 unspecified atom stereocenters. The number of rotatable bonds is 2. The summed E-state index contributed by atoms with van der Waals surface area (Å²) < 4.78 is 6.21. The molecule has 0 bridgehead atoms. The van der Waals surface area contributed by atoms with E-state index in [0.717, 1.165) is 12.2 Å². The van der Waals surface area contributed by atoms with Gasteiger partial charge in [-0.05, 0) is 38.6 Å². The zero-order valence-electron chi connectivity index (χ0n) is 12.2. The Kier molecular flexibility index (Phi) is 3.45. The summed E-state index contributed by atoms with van der Waals surface area (Å²) >= 11 is 0. The van der Waals surface area contributed by atoms with Crippen LogP contribution in [0.2, 0.25) is 0 Å². The summed E-state index contributed by atoms with van der Waals surface area (Å²) in [4.78, 5) is 4.24. The van der Waals surface area contributed by atoms with Crippen LogP contribution in [0.5, 0.6) is 5.75 Å². The fraction of sp³-hybridized carbons (Fsp3) is 0.353. The maximum absolute atomic E-state index is 6.21. The van der Waals surface area contributed by atoms with Gasteiger partial charge in [0.15, 0.2) is 0 Å². The Morgan fingerprint density at radius 3 is 2.80 bits per heavy atom. The quantitative estimate of drug-likeness (QED) is 0.905. The average Bonchev–Trinajstić information content (AvgIpc) is 2.46. The molecule has 0 saturated carbocycles. The van der Waals surface area contributed by atoms with Crippen molar-refractivity contribution in [2.24, 2.45) is 0 Å². The molecule has 1 N–H and O–H groups in total. The summed E-state index contributed by atoms with van der Waals surface area (Å²) in [5.74, 6) is 0.981. The predicted molar refractivity (Wildman–Crippen MR) is 79.9 cm³/mol. The van der Waals surface area contributed by atoms with Crippen LogP contribution in [0.25, 0.3) is 0 Å². The third-order valence-corrected chi connectivity index (χ3v) is 4.03. The van der Waals surface area contributed by atoms with Crippen molar-refractivity contribution in [2.45, 2.75) is 32.4 Å². The van der Waals surface area contributed by atoms with Crippen molar-refractivity contribution in [1.29, 1.82) is 0 Å². The van der Waals surface area contributed by atoms with Crippen molar-refractivity contribution >= 4 is 0 Å². The maximum atomic E-state index is 6.21. The van der Waals surface area contributed by atoms with Gasteiger partial charge >= 0.3 is 0 Å². The van der Waals surface area contributed by atoms with E-state index in [4.69, 9.17) is 4.74 Å². The minimum Gasteiger partial charge on any atom is -0.485 e. The highest BCUT2D eigenvalue weighted by Gasteiger charge is 2.29. The summed E-state index contributed by atoms with van der Waals surface area (Å²) in [6, 6.07) is 8.75. The van der Waals surface area contributed by atoms with Crippen LogP contribution in [-0.4, -0.2) is 12.0 Å². The van der Waals surface area contributed by atoms with E-state index in [-0.39, 0.29) is 6.10 Å². The average molecular weight is 268 g/mol. The van der Waals surface area contributed by atoms with Crippen LogP contribution >= 0.6 is 0 Å². The Bertz CT molecular complexity index is 624. The van der Waals surface area contributed by atoms with Crippen molar-refractivity contribution in [3.8, 4) is 5.75 Å². The van der Waals surface area contributed by atoms with Crippen LogP contribution in [0.15, 0.2) is 36.7 Å². The molecule has 1 aliphatic heterocycles. The van der Waals surface area contributed by atoms with Gasteiger partial charge in [0.1, 0.15) is 11.9 Å². The molecule has 3 nitrogen and oxygen atoms in total. The van der Waals surface area contributed by atoms with Crippen LogP contribution in [0.1, 0.15) is 40.8 Å². The van der Waals surface area contributed by atoms with Crippen LogP contribution in [0.3, 0.4) is 0 Å². The van der Waals surface area contributed by atoms with E-state index in [1.54, 1.807) is 0 Å². The standard InChI is InChI=1S/C17H20N2O/c1-11-4-5-16-13(8-11)15(18-3)9-17(20-16)14-10-19-7-6-12(14)2/h4-8,10,15,17-18H,9H2,1-3H3. The molecular formula is C17H20N2O. The van der Waals surface area contributed by atoms with Gasteiger partial charge in [-0.3, -0.25) is 4.98 Å². The number of nitrogens with zero attached hydrogens (tertiary/aromatic N) is 1. The first-order valence-electron chi connectivity index (χ1n) is 7.04. The first-order valence-corrected chi connectivity index (χ1v) is 7.04. The van der Waals surface area contributed by atoms with Gasteiger partial charge in [-0.1, -0.05) is 17.7 Å². The summed E-state index contributed by atoms with van der Waals surface area (Å²) in [6.45, 7) is 4.23. The van der Waals surface area contributed by atoms with Gasteiger partial charge in [-0.25, -0.2) is 0 Å². The second-order valence-electron chi connectivity index (χ2n) is 5.46. The smallest absolute Gasteiger partial charge is 0.127 e. The molecule has 1 aromatic heterocycles. The number of benzene rings is 1. The summed E-state index contributed by atoms with van der Waals surface area (Å²) in [5, 5.41) is 3.41. The van der Waals surface area contributed by atoms with Crippen LogP contribution < -0.4 is 10.1 Å². The summed E-state index contributed by atoms with van der Waals surface area (Å²) in [7, 11) is 2.01. The zero-order valence-corrected chi connectivity index (χ0v) is 12.2. The number of hydrogen-bond acceptors (Lipinski definition) is 3. The monoisotopic (exact) mass is 268 g/mol. The number of hydrogen-bond donors (Lipinski definition) is 1. The van der Waals surface area contributed by atoms with Crippen molar-refractivity contribution in [3.63, 3.8) is 0 Å². The number of nitrogens with one attached hydrogen (secondary N) is 1. The number of fused-ring (bicyclic) bond motifs is 1. The third-order valence-electron chi connectivity index (χ3n) is 4.03. The maximum Gasteiger partial charge on any atom is 0.127 e. The minimum absolute atomic E-state index is 0.0661. The molecule has 2 aromatic rings. The Hall–Kier alpha value is -1.87. The Balaban J connectivity index is 1.99. The van der Waals surface area contributed by atoms with Gasteiger partial charge < -0.3 is 10.1 Å². The van der Waals surface area contributed by atoms with Gasteiger partial charge in [0.05, 0.1) is 0 Å². The fourth-order valence-corrected chi connectivity index (χ4v) is 2.87. The van der Waals surface area contributed by atoms with Gasteiger partial charge in [-0.2, -0.15) is 0 Å². The Morgan fingerprint density at radius 1 is 1.20 bits per heavy atom. The molecule has 0 fully saturated rings. The van der Waals surface area contributed by atoms with Crippen LogP contribution in [0, 0.1) is 13.8 Å². The highest BCUT2D eigenvalue weighted by atomic mass is 16.5. The van der Waals surface area contributed by atoms with Gasteiger partial charge in [0.2, 0.25) is 0 Å². The second kappa shape index (κ2) is 5.25. The highest BCUT2D eigenvalue weighted by molar-refractivity contribution is 5.42. The van der Waals surface area contributed by atoms with E-state index in [0.29, 0.717) is 6.04 Å².